The largest absolute Gasteiger partial charge is 0.337 e. The molecule has 2 fully saturated rings. The normalized spacial score (nSPS) is 20.4. The summed E-state index contributed by atoms with van der Waals surface area (Å²) >= 11 is 0. The number of carbonyl (C=O) groups excluding carboxylic acids is 1. The van der Waals surface area contributed by atoms with Crippen molar-refractivity contribution in [3.05, 3.63) is 35.7 Å². The van der Waals surface area contributed by atoms with Crippen molar-refractivity contribution in [3.63, 3.8) is 0 Å². The fourth-order valence-corrected chi connectivity index (χ4v) is 4.08. The number of hydrogen-bond acceptors (Lipinski definition) is 3. The van der Waals surface area contributed by atoms with E-state index in [1.165, 1.54) is 12.8 Å². The van der Waals surface area contributed by atoms with Crippen LogP contribution in [0.1, 0.15) is 80.3 Å². The third-order valence-electron chi connectivity index (χ3n) is 5.88. The zero-order chi connectivity index (χ0) is 19.0. The Balaban J connectivity index is 1.51. The number of likely N-dealkylation sites (tertiary alicyclic amines) is 1. The molecule has 0 aromatic carbocycles. The van der Waals surface area contributed by atoms with Gasteiger partial charge in [0.1, 0.15) is 11.5 Å². The van der Waals surface area contributed by atoms with Crippen LogP contribution in [0.2, 0.25) is 0 Å². The summed E-state index contributed by atoms with van der Waals surface area (Å²) in [5, 5.41) is 4.62. The van der Waals surface area contributed by atoms with Gasteiger partial charge in [0.05, 0.1) is 5.69 Å². The Morgan fingerprint density at radius 2 is 2.11 bits per heavy atom. The van der Waals surface area contributed by atoms with Crippen LogP contribution in [0, 0.1) is 5.92 Å². The Hall–Kier alpha value is -2.11. The maximum atomic E-state index is 13.2. The second kappa shape index (κ2) is 7.49. The van der Waals surface area contributed by atoms with Crippen LogP contribution in [0.3, 0.4) is 0 Å². The van der Waals surface area contributed by atoms with E-state index in [0.717, 1.165) is 62.2 Å². The van der Waals surface area contributed by atoms with Crippen LogP contribution in [0.5, 0.6) is 0 Å². The molecule has 1 saturated carbocycles. The Bertz CT molecular complexity index is 801. The van der Waals surface area contributed by atoms with E-state index < -0.39 is 0 Å². The SMILES string of the molecule is CCn1nc(C(C)C)cc1C(=O)N1CCC[C@H](c2nccn2CC2CC2)C1. The minimum Gasteiger partial charge on any atom is -0.337 e. The van der Waals surface area contributed by atoms with Gasteiger partial charge in [-0.05, 0) is 50.5 Å². The first-order valence-electron chi connectivity index (χ1n) is 10.4. The number of aromatic nitrogens is 4. The highest BCUT2D eigenvalue weighted by Crippen LogP contribution is 2.33. The number of amides is 1. The van der Waals surface area contributed by atoms with Crippen molar-refractivity contribution in [2.75, 3.05) is 13.1 Å². The molecule has 0 bridgehead atoms. The summed E-state index contributed by atoms with van der Waals surface area (Å²) in [6.07, 6.45) is 8.84. The number of carbonyl (C=O) groups is 1. The second-order valence-corrected chi connectivity index (χ2v) is 8.40. The minimum atomic E-state index is 0.112. The number of hydrogen-bond donors (Lipinski definition) is 0. The summed E-state index contributed by atoms with van der Waals surface area (Å²) in [4.78, 5) is 19.9. The third kappa shape index (κ3) is 3.80. The number of rotatable bonds is 6. The third-order valence-corrected chi connectivity index (χ3v) is 5.88. The molecule has 0 N–H and O–H groups in total. The van der Waals surface area contributed by atoms with E-state index in [4.69, 9.17) is 0 Å². The van der Waals surface area contributed by atoms with Crippen molar-refractivity contribution in [1.82, 2.24) is 24.2 Å². The van der Waals surface area contributed by atoms with Crippen LogP contribution >= 0.6 is 0 Å². The van der Waals surface area contributed by atoms with Gasteiger partial charge >= 0.3 is 0 Å². The maximum absolute atomic E-state index is 13.2. The molecular formula is C21H31N5O. The summed E-state index contributed by atoms with van der Waals surface area (Å²) in [6.45, 7) is 9.66. The van der Waals surface area contributed by atoms with E-state index in [9.17, 15) is 4.79 Å². The van der Waals surface area contributed by atoms with E-state index in [1.54, 1.807) is 0 Å². The molecule has 6 nitrogen and oxygen atoms in total. The molecule has 0 radical (unpaired) electrons. The van der Waals surface area contributed by atoms with Gasteiger partial charge in [-0.15, -0.1) is 0 Å². The van der Waals surface area contributed by atoms with Crippen LogP contribution in [-0.2, 0) is 13.1 Å². The first-order chi connectivity index (χ1) is 13.1. The average molecular weight is 370 g/mol. The van der Waals surface area contributed by atoms with Crippen molar-refractivity contribution < 1.29 is 4.79 Å². The van der Waals surface area contributed by atoms with Gasteiger partial charge in [-0.2, -0.15) is 5.10 Å². The molecule has 3 heterocycles. The molecule has 27 heavy (non-hydrogen) atoms. The van der Waals surface area contributed by atoms with Crippen LogP contribution in [0.15, 0.2) is 18.5 Å². The Kier molecular flexibility index (Phi) is 5.06. The molecule has 1 aliphatic heterocycles. The van der Waals surface area contributed by atoms with Crippen molar-refractivity contribution in [1.29, 1.82) is 0 Å². The van der Waals surface area contributed by atoms with E-state index in [1.807, 2.05) is 28.8 Å². The predicted molar refractivity (Wildman–Crippen MR) is 105 cm³/mol. The maximum Gasteiger partial charge on any atom is 0.272 e. The van der Waals surface area contributed by atoms with Crippen LogP contribution in [0.25, 0.3) is 0 Å². The Morgan fingerprint density at radius 3 is 2.81 bits per heavy atom. The lowest BCUT2D eigenvalue weighted by Crippen LogP contribution is -2.40. The standard InChI is InChI=1S/C21H31N5O/c1-4-26-19(12-18(23-26)15(2)3)21(27)25-10-5-6-17(14-25)20-22-9-11-24(20)13-16-7-8-16/h9,11-12,15-17H,4-8,10,13-14H2,1-3H3/t17-/m0/s1. The van der Waals surface area contributed by atoms with E-state index >= 15 is 0 Å². The zero-order valence-electron chi connectivity index (χ0n) is 16.8. The molecule has 0 spiro atoms. The molecule has 1 aliphatic carbocycles. The molecule has 0 unspecified atom stereocenters. The van der Waals surface area contributed by atoms with Crippen molar-refractivity contribution in [2.24, 2.45) is 5.92 Å². The van der Waals surface area contributed by atoms with Crippen molar-refractivity contribution in [3.8, 4) is 0 Å². The van der Waals surface area contributed by atoms with Crippen molar-refractivity contribution in [2.45, 2.75) is 71.4 Å². The molecule has 4 rings (SSSR count). The highest BCUT2D eigenvalue weighted by molar-refractivity contribution is 5.92. The van der Waals surface area contributed by atoms with Crippen LogP contribution in [-0.4, -0.2) is 43.2 Å². The fourth-order valence-electron chi connectivity index (χ4n) is 4.08. The Labute approximate surface area is 161 Å². The molecular weight excluding hydrogens is 338 g/mol. The van der Waals surface area contributed by atoms with Crippen molar-refractivity contribution >= 4 is 5.91 Å². The monoisotopic (exact) mass is 369 g/mol. The van der Waals surface area contributed by atoms with Gasteiger partial charge in [0.25, 0.3) is 5.91 Å². The van der Waals surface area contributed by atoms with Gasteiger partial charge in [0.15, 0.2) is 0 Å². The summed E-state index contributed by atoms with van der Waals surface area (Å²) < 4.78 is 4.18. The number of piperidine rings is 1. The van der Waals surface area contributed by atoms with Crippen LogP contribution in [0.4, 0.5) is 0 Å². The summed E-state index contributed by atoms with van der Waals surface area (Å²) in [6, 6.07) is 1.98. The summed E-state index contributed by atoms with van der Waals surface area (Å²) in [5.74, 6) is 2.76. The average Bonchev–Trinajstić information content (AvgIpc) is 3.19. The molecule has 1 saturated heterocycles. The smallest absolute Gasteiger partial charge is 0.272 e. The second-order valence-electron chi connectivity index (χ2n) is 8.40. The van der Waals surface area contributed by atoms with Crippen LogP contribution < -0.4 is 0 Å². The lowest BCUT2D eigenvalue weighted by molar-refractivity contribution is 0.0690. The quantitative estimate of drug-likeness (QED) is 0.781. The van der Waals surface area contributed by atoms with E-state index in [0.29, 0.717) is 11.8 Å². The van der Waals surface area contributed by atoms with Gasteiger partial charge in [0.2, 0.25) is 0 Å². The lowest BCUT2D eigenvalue weighted by atomic mass is 9.96. The minimum absolute atomic E-state index is 0.112. The summed E-state index contributed by atoms with van der Waals surface area (Å²) in [5.41, 5.74) is 1.72. The van der Waals surface area contributed by atoms with Gasteiger partial charge in [-0.1, -0.05) is 13.8 Å². The topological polar surface area (TPSA) is 56.0 Å². The predicted octanol–water partition coefficient (Wildman–Crippen LogP) is 3.65. The van der Waals surface area contributed by atoms with E-state index in [2.05, 4.69) is 34.7 Å². The highest BCUT2D eigenvalue weighted by Gasteiger charge is 2.31. The molecule has 2 aliphatic rings. The Morgan fingerprint density at radius 1 is 1.30 bits per heavy atom. The molecule has 2 aromatic rings. The van der Waals surface area contributed by atoms with Gasteiger partial charge < -0.3 is 9.47 Å². The fraction of sp³-hybridized carbons (Fsp3) is 0.667. The molecule has 1 atom stereocenters. The molecule has 1 amide bonds. The van der Waals surface area contributed by atoms with E-state index in [-0.39, 0.29) is 5.91 Å². The van der Waals surface area contributed by atoms with Gasteiger partial charge in [-0.25, -0.2) is 4.98 Å². The first-order valence-corrected chi connectivity index (χ1v) is 10.4. The highest BCUT2D eigenvalue weighted by atomic mass is 16.2. The number of nitrogens with zero attached hydrogens (tertiary/aromatic N) is 5. The summed E-state index contributed by atoms with van der Waals surface area (Å²) in [7, 11) is 0. The van der Waals surface area contributed by atoms with Gasteiger partial charge in [0, 0.05) is 44.5 Å². The zero-order valence-corrected chi connectivity index (χ0v) is 16.8. The van der Waals surface area contributed by atoms with Gasteiger partial charge in [-0.3, -0.25) is 9.48 Å². The molecule has 2 aromatic heterocycles. The first kappa shape index (κ1) is 18.3. The molecule has 6 heteroatoms. The molecule has 146 valence electrons. The number of imidazole rings is 1. The lowest BCUT2D eigenvalue weighted by Gasteiger charge is -2.32. The number of aryl methyl sites for hydroxylation is 1.